The van der Waals surface area contributed by atoms with Crippen LogP contribution in [0.15, 0.2) is 77.3 Å². The van der Waals surface area contributed by atoms with Crippen molar-refractivity contribution in [3.8, 4) is 34.3 Å². The molecule has 202 valence electrons. The van der Waals surface area contributed by atoms with Gasteiger partial charge in [-0.3, -0.25) is 9.89 Å². The molecule has 3 aromatic carbocycles. The van der Waals surface area contributed by atoms with Crippen molar-refractivity contribution in [3.05, 3.63) is 90.1 Å². The highest BCUT2D eigenvalue weighted by Gasteiger charge is 2.41. The summed E-state index contributed by atoms with van der Waals surface area (Å²) in [6, 6.07) is 22.6. The zero-order valence-corrected chi connectivity index (χ0v) is 22.4. The van der Waals surface area contributed by atoms with Gasteiger partial charge >= 0.3 is 0 Å². The first-order valence-electron chi connectivity index (χ1n) is 13.0. The topological polar surface area (TPSA) is 119 Å². The quantitative estimate of drug-likeness (QED) is 0.290. The molecule has 0 aliphatic carbocycles. The van der Waals surface area contributed by atoms with Crippen LogP contribution in [0.2, 0.25) is 0 Å². The Morgan fingerprint density at radius 3 is 2.23 bits per heavy atom. The van der Waals surface area contributed by atoms with E-state index in [0.29, 0.717) is 30.4 Å². The third kappa shape index (κ3) is 4.79. The number of benzene rings is 3. The van der Waals surface area contributed by atoms with Gasteiger partial charge in [0.25, 0.3) is 0 Å². The molecule has 10 nitrogen and oxygen atoms in total. The molecule has 1 fully saturated rings. The van der Waals surface area contributed by atoms with Crippen LogP contribution in [0, 0.1) is 6.92 Å². The summed E-state index contributed by atoms with van der Waals surface area (Å²) >= 11 is 0. The van der Waals surface area contributed by atoms with Crippen molar-refractivity contribution in [2.24, 2.45) is 0 Å². The monoisotopic (exact) mass is 536 g/mol. The maximum absolute atomic E-state index is 13.4. The number of rotatable bonds is 7. The first kappa shape index (κ1) is 25.3. The molecule has 6 rings (SSSR count). The number of aryl methyl sites for hydroxylation is 1. The van der Waals surface area contributed by atoms with Crippen molar-refractivity contribution in [2.45, 2.75) is 31.7 Å². The standard InChI is InChI=1S/C30H28N6O4/c1-18-31-28(34-33-18)20-5-4-6-21(17-20)29-32-30(40-35-29)25-15-16-26(37)36(22-9-13-24(39-3)14-10-22)27(25)19-7-11-23(38-2)12-8-19/h4-14,17,25,27H,15-16H2,1-3H3,(H,31,33,34). The number of anilines is 1. The van der Waals surface area contributed by atoms with E-state index in [0.717, 1.165) is 39.7 Å². The summed E-state index contributed by atoms with van der Waals surface area (Å²) in [5.41, 5.74) is 3.34. The number of nitrogens with one attached hydrogen (secondary N) is 1. The summed E-state index contributed by atoms with van der Waals surface area (Å²) in [6.45, 7) is 1.86. The molecule has 3 heterocycles. The Kier molecular flexibility index (Phi) is 6.73. The number of hydrogen-bond acceptors (Lipinski definition) is 8. The third-order valence-corrected chi connectivity index (χ3v) is 7.14. The Morgan fingerprint density at radius 2 is 1.57 bits per heavy atom. The molecule has 40 heavy (non-hydrogen) atoms. The second-order valence-electron chi connectivity index (χ2n) is 9.61. The van der Waals surface area contributed by atoms with Gasteiger partial charge in [0.05, 0.1) is 26.2 Å². The Bertz CT molecular complexity index is 1630. The molecule has 2 aromatic heterocycles. The Morgan fingerprint density at radius 1 is 0.900 bits per heavy atom. The highest BCUT2D eigenvalue weighted by Crippen LogP contribution is 2.45. The fourth-order valence-electron chi connectivity index (χ4n) is 5.15. The summed E-state index contributed by atoms with van der Waals surface area (Å²) in [6.07, 6.45) is 0.918. The summed E-state index contributed by atoms with van der Waals surface area (Å²) in [5.74, 6) is 3.52. The fourth-order valence-corrected chi connectivity index (χ4v) is 5.15. The number of piperidine rings is 1. The van der Waals surface area contributed by atoms with Crippen LogP contribution in [0.3, 0.4) is 0 Å². The molecule has 2 atom stereocenters. The van der Waals surface area contributed by atoms with Crippen LogP contribution in [-0.4, -0.2) is 45.4 Å². The van der Waals surface area contributed by atoms with Crippen LogP contribution >= 0.6 is 0 Å². The number of methoxy groups -OCH3 is 2. The van der Waals surface area contributed by atoms with Gasteiger partial charge in [0, 0.05) is 23.2 Å². The van der Waals surface area contributed by atoms with Gasteiger partial charge in [-0.1, -0.05) is 35.5 Å². The van der Waals surface area contributed by atoms with E-state index < -0.39 is 0 Å². The van der Waals surface area contributed by atoms with Gasteiger partial charge in [0.2, 0.25) is 17.6 Å². The van der Waals surface area contributed by atoms with Gasteiger partial charge in [0.15, 0.2) is 5.82 Å². The van der Waals surface area contributed by atoms with Crippen molar-refractivity contribution >= 4 is 11.6 Å². The predicted octanol–water partition coefficient (Wildman–Crippen LogP) is 5.50. The van der Waals surface area contributed by atoms with Gasteiger partial charge in [-0.05, 0) is 61.4 Å². The zero-order valence-electron chi connectivity index (χ0n) is 22.4. The average Bonchev–Trinajstić information content (AvgIpc) is 3.67. The van der Waals surface area contributed by atoms with Gasteiger partial charge in [-0.25, -0.2) is 4.98 Å². The normalized spacial score (nSPS) is 17.2. The minimum Gasteiger partial charge on any atom is -0.497 e. The maximum Gasteiger partial charge on any atom is 0.232 e. The molecule has 2 unspecified atom stereocenters. The minimum atomic E-state index is -0.364. The average molecular weight is 537 g/mol. The molecule has 0 spiro atoms. The van der Waals surface area contributed by atoms with Crippen LogP contribution in [0.4, 0.5) is 5.69 Å². The molecular weight excluding hydrogens is 508 g/mol. The van der Waals surface area contributed by atoms with E-state index in [1.165, 1.54) is 0 Å². The van der Waals surface area contributed by atoms with Crippen molar-refractivity contribution in [3.63, 3.8) is 0 Å². The van der Waals surface area contributed by atoms with Crippen molar-refractivity contribution in [1.82, 2.24) is 25.3 Å². The second-order valence-corrected chi connectivity index (χ2v) is 9.61. The van der Waals surface area contributed by atoms with E-state index in [-0.39, 0.29) is 17.9 Å². The fraction of sp³-hybridized carbons (Fsp3) is 0.233. The van der Waals surface area contributed by atoms with Crippen LogP contribution in [-0.2, 0) is 4.79 Å². The molecule has 1 amide bonds. The highest BCUT2D eigenvalue weighted by atomic mass is 16.5. The number of nitrogens with zero attached hydrogens (tertiary/aromatic N) is 5. The number of carbonyl (C=O) groups is 1. The smallest absolute Gasteiger partial charge is 0.232 e. The first-order valence-corrected chi connectivity index (χ1v) is 13.0. The molecule has 1 aliphatic rings. The zero-order chi connectivity index (χ0) is 27.6. The molecule has 1 saturated heterocycles. The van der Waals surface area contributed by atoms with E-state index in [1.807, 2.05) is 84.6 Å². The number of ether oxygens (including phenoxy) is 2. The van der Waals surface area contributed by atoms with Crippen molar-refractivity contribution in [1.29, 1.82) is 0 Å². The van der Waals surface area contributed by atoms with E-state index in [2.05, 4.69) is 20.3 Å². The van der Waals surface area contributed by atoms with Gasteiger partial charge in [-0.2, -0.15) is 10.1 Å². The summed E-state index contributed by atoms with van der Waals surface area (Å²) in [4.78, 5) is 24.5. The lowest BCUT2D eigenvalue weighted by Gasteiger charge is -2.40. The summed E-state index contributed by atoms with van der Waals surface area (Å²) < 4.78 is 16.6. The van der Waals surface area contributed by atoms with Gasteiger partial charge in [-0.15, -0.1) is 0 Å². The van der Waals surface area contributed by atoms with Crippen molar-refractivity contribution < 1.29 is 18.8 Å². The van der Waals surface area contributed by atoms with E-state index in [4.69, 9.17) is 19.0 Å². The van der Waals surface area contributed by atoms with Crippen molar-refractivity contribution in [2.75, 3.05) is 19.1 Å². The number of aromatic nitrogens is 5. The SMILES string of the molecule is COc1ccc(C2C(c3nc(-c4cccc(-c5n[nH]c(C)n5)c4)no3)CCC(=O)N2c2ccc(OC)cc2)cc1. The largest absolute Gasteiger partial charge is 0.497 e. The Hall–Kier alpha value is -4.99. The van der Waals surface area contributed by atoms with Crippen LogP contribution in [0.25, 0.3) is 22.8 Å². The molecule has 0 radical (unpaired) electrons. The second kappa shape index (κ2) is 10.6. The minimum absolute atomic E-state index is 0.0245. The van der Waals surface area contributed by atoms with E-state index >= 15 is 0 Å². The van der Waals surface area contributed by atoms with Gasteiger partial charge < -0.3 is 18.9 Å². The summed E-state index contributed by atoms with van der Waals surface area (Å²) in [5, 5.41) is 11.4. The number of carbonyl (C=O) groups excluding carboxylic acids is 1. The lowest BCUT2D eigenvalue weighted by atomic mass is 9.83. The molecule has 1 N–H and O–H groups in total. The molecular formula is C30H28N6O4. The molecule has 1 aliphatic heterocycles. The summed E-state index contributed by atoms with van der Waals surface area (Å²) in [7, 11) is 3.25. The lowest BCUT2D eigenvalue weighted by molar-refractivity contribution is -0.120. The number of H-pyrrole nitrogens is 1. The molecule has 5 aromatic rings. The first-order chi connectivity index (χ1) is 19.5. The third-order valence-electron chi connectivity index (χ3n) is 7.14. The Balaban J connectivity index is 1.38. The molecule has 0 saturated carbocycles. The van der Waals surface area contributed by atoms with E-state index in [9.17, 15) is 4.79 Å². The lowest BCUT2D eigenvalue weighted by Crippen LogP contribution is -2.42. The van der Waals surface area contributed by atoms with Gasteiger partial charge in [0.1, 0.15) is 17.3 Å². The van der Waals surface area contributed by atoms with Crippen LogP contribution in [0.5, 0.6) is 11.5 Å². The van der Waals surface area contributed by atoms with Crippen LogP contribution in [0.1, 0.15) is 42.1 Å². The van der Waals surface area contributed by atoms with Crippen LogP contribution < -0.4 is 14.4 Å². The molecule has 0 bridgehead atoms. The number of amides is 1. The number of hydrogen-bond donors (Lipinski definition) is 1. The molecule has 10 heteroatoms. The predicted molar refractivity (Wildman–Crippen MR) is 148 cm³/mol. The highest BCUT2D eigenvalue weighted by molar-refractivity contribution is 5.95. The maximum atomic E-state index is 13.4. The Labute approximate surface area is 231 Å². The number of aromatic amines is 1. The van der Waals surface area contributed by atoms with E-state index in [1.54, 1.807) is 14.2 Å².